The van der Waals surface area contributed by atoms with E-state index in [4.69, 9.17) is 0 Å². The zero-order valence-electron chi connectivity index (χ0n) is 11.0. The van der Waals surface area contributed by atoms with Gasteiger partial charge in [0.2, 0.25) is 0 Å². The standard InChI is InChI=1S/C15H24N2/c1-13(2)17(12-15-9-6-10-16-15)11-14-7-4-3-5-8-14/h3-5,7-8,13,15-16H,6,9-12H2,1-2H3/t15-/m1/s1. The first-order valence-corrected chi connectivity index (χ1v) is 6.77. The van der Waals surface area contributed by atoms with E-state index in [1.54, 1.807) is 0 Å². The Balaban J connectivity index is 1.92. The highest BCUT2D eigenvalue weighted by Gasteiger charge is 2.19. The van der Waals surface area contributed by atoms with E-state index in [1.165, 1.54) is 31.5 Å². The van der Waals surface area contributed by atoms with Gasteiger partial charge in [0, 0.05) is 25.2 Å². The fourth-order valence-corrected chi connectivity index (χ4v) is 2.47. The quantitative estimate of drug-likeness (QED) is 0.839. The van der Waals surface area contributed by atoms with Crippen molar-refractivity contribution in [1.82, 2.24) is 10.2 Å². The zero-order chi connectivity index (χ0) is 12.1. The van der Waals surface area contributed by atoms with Crippen LogP contribution < -0.4 is 5.32 Å². The van der Waals surface area contributed by atoms with E-state index >= 15 is 0 Å². The van der Waals surface area contributed by atoms with Crippen molar-refractivity contribution in [2.75, 3.05) is 13.1 Å². The second kappa shape index (κ2) is 6.18. The zero-order valence-corrected chi connectivity index (χ0v) is 11.0. The number of benzene rings is 1. The molecule has 0 saturated carbocycles. The second-order valence-electron chi connectivity index (χ2n) is 5.30. The highest BCUT2D eigenvalue weighted by atomic mass is 15.2. The maximum Gasteiger partial charge on any atom is 0.0237 e. The van der Waals surface area contributed by atoms with E-state index in [0.29, 0.717) is 12.1 Å². The number of hydrogen-bond donors (Lipinski definition) is 1. The molecule has 1 atom stereocenters. The predicted octanol–water partition coefficient (Wildman–Crippen LogP) is 2.65. The lowest BCUT2D eigenvalue weighted by Gasteiger charge is -2.29. The van der Waals surface area contributed by atoms with Crippen LogP contribution in [-0.2, 0) is 6.54 Å². The summed E-state index contributed by atoms with van der Waals surface area (Å²) in [5, 5.41) is 3.59. The molecule has 0 bridgehead atoms. The topological polar surface area (TPSA) is 15.3 Å². The van der Waals surface area contributed by atoms with Crippen molar-refractivity contribution in [2.24, 2.45) is 0 Å². The van der Waals surface area contributed by atoms with Crippen LogP contribution in [0.25, 0.3) is 0 Å². The summed E-state index contributed by atoms with van der Waals surface area (Å²) >= 11 is 0. The molecular formula is C15H24N2. The summed E-state index contributed by atoms with van der Waals surface area (Å²) in [6, 6.07) is 12.1. The number of nitrogens with one attached hydrogen (secondary N) is 1. The Morgan fingerprint density at radius 1 is 1.29 bits per heavy atom. The normalized spacial score (nSPS) is 20.4. The summed E-state index contributed by atoms with van der Waals surface area (Å²) in [6.45, 7) is 8.01. The van der Waals surface area contributed by atoms with Crippen LogP contribution in [-0.4, -0.2) is 30.1 Å². The van der Waals surface area contributed by atoms with E-state index in [2.05, 4.69) is 54.4 Å². The van der Waals surface area contributed by atoms with Crippen LogP contribution >= 0.6 is 0 Å². The van der Waals surface area contributed by atoms with Gasteiger partial charge in [-0.1, -0.05) is 30.3 Å². The Morgan fingerprint density at radius 3 is 2.65 bits per heavy atom. The van der Waals surface area contributed by atoms with Crippen LogP contribution in [0.2, 0.25) is 0 Å². The van der Waals surface area contributed by atoms with Crippen LogP contribution in [0.4, 0.5) is 0 Å². The van der Waals surface area contributed by atoms with Crippen LogP contribution in [0.3, 0.4) is 0 Å². The lowest BCUT2D eigenvalue weighted by molar-refractivity contribution is 0.194. The molecule has 1 aromatic rings. The minimum atomic E-state index is 0.609. The summed E-state index contributed by atoms with van der Waals surface area (Å²) in [7, 11) is 0. The lowest BCUT2D eigenvalue weighted by Crippen LogP contribution is -2.40. The minimum absolute atomic E-state index is 0.609. The van der Waals surface area contributed by atoms with Gasteiger partial charge in [-0.2, -0.15) is 0 Å². The van der Waals surface area contributed by atoms with Crippen molar-refractivity contribution in [1.29, 1.82) is 0 Å². The molecule has 0 amide bonds. The summed E-state index contributed by atoms with van der Waals surface area (Å²) in [6.07, 6.45) is 2.67. The molecule has 0 aromatic heterocycles. The average molecular weight is 232 g/mol. The molecule has 1 fully saturated rings. The second-order valence-corrected chi connectivity index (χ2v) is 5.30. The van der Waals surface area contributed by atoms with Gasteiger partial charge in [0.05, 0.1) is 0 Å². The smallest absolute Gasteiger partial charge is 0.0237 e. The Bertz CT molecular complexity index is 315. The summed E-state index contributed by atoms with van der Waals surface area (Å²) in [4.78, 5) is 2.57. The van der Waals surface area contributed by atoms with E-state index in [-0.39, 0.29) is 0 Å². The molecule has 1 heterocycles. The van der Waals surface area contributed by atoms with Gasteiger partial charge >= 0.3 is 0 Å². The lowest BCUT2D eigenvalue weighted by atomic mass is 10.1. The molecule has 2 nitrogen and oxygen atoms in total. The molecule has 1 N–H and O–H groups in total. The van der Waals surface area contributed by atoms with E-state index in [1.807, 2.05) is 0 Å². The van der Waals surface area contributed by atoms with Crippen LogP contribution in [0.5, 0.6) is 0 Å². The highest BCUT2D eigenvalue weighted by Crippen LogP contribution is 2.12. The molecular weight excluding hydrogens is 208 g/mol. The summed E-state index contributed by atoms with van der Waals surface area (Å²) < 4.78 is 0. The van der Waals surface area contributed by atoms with Gasteiger partial charge in [-0.25, -0.2) is 0 Å². The molecule has 0 aliphatic carbocycles. The first-order valence-electron chi connectivity index (χ1n) is 6.77. The van der Waals surface area contributed by atoms with E-state index < -0.39 is 0 Å². The van der Waals surface area contributed by atoms with Gasteiger partial charge in [-0.3, -0.25) is 4.90 Å². The minimum Gasteiger partial charge on any atom is -0.313 e. The van der Waals surface area contributed by atoms with Crippen LogP contribution in [0, 0.1) is 0 Å². The SMILES string of the molecule is CC(C)N(Cc1ccccc1)C[C@H]1CCCN1. The molecule has 1 aliphatic heterocycles. The van der Waals surface area contributed by atoms with Crippen molar-refractivity contribution in [3.8, 4) is 0 Å². The van der Waals surface area contributed by atoms with Gasteiger partial charge < -0.3 is 5.32 Å². The van der Waals surface area contributed by atoms with Gasteiger partial charge in [-0.15, -0.1) is 0 Å². The predicted molar refractivity (Wildman–Crippen MR) is 73.0 cm³/mol. The number of hydrogen-bond acceptors (Lipinski definition) is 2. The van der Waals surface area contributed by atoms with Gasteiger partial charge in [0.25, 0.3) is 0 Å². The van der Waals surface area contributed by atoms with Gasteiger partial charge in [0.15, 0.2) is 0 Å². The highest BCUT2D eigenvalue weighted by molar-refractivity contribution is 5.14. The largest absolute Gasteiger partial charge is 0.313 e. The fraction of sp³-hybridized carbons (Fsp3) is 0.600. The number of rotatable bonds is 5. The third kappa shape index (κ3) is 3.83. The Hall–Kier alpha value is -0.860. The molecule has 0 spiro atoms. The Labute approximate surface area is 105 Å². The third-order valence-corrected chi connectivity index (χ3v) is 3.58. The summed E-state index contributed by atoms with van der Waals surface area (Å²) in [5.41, 5.74) is 1.42. The first-order chi connectivity index (χ1) is 8.25. The monoisotopic (exact) mass is 232 g/mol. The molecule has 1 aromatic carbocycles. The van der Waals surface area contributed by atoms with Crippen molar-refractivity contribution >= 4 is 0 Å². The molecule has 1 aliphatic rings. The third-order valence-electron chi connectivity index (χ3n) is 3.58. The number of nitrogens with zero attached hydrogens (tertiary/aromatic N) is 1. The average Bonchev–Trinajstić information content (AvgIpc) is 2.82. The van der Waals surface area contributed by atoms with Crippen LogP contribution in [0.15, 0.2) is 30.3 Å². The van der Waals surface area contributed by atoms with Crippen molar-refractivity contribution in [2.45, 2.75) is 45.3 Å². The molecule has 94 valence electrons. The first kappa shape index (κ1) is 12.6. The Kier molecular flexibility index (Phi) is 4.57. The molecule has 2 heteroatoms. The van der Waals surface area contributed by atoms with Gasteiger partial charge in [-0.05, 0) is 38.8 Å². The van der Waals surface area contributed by atoms with Crippen molar-refractivity contribution < 1.29 is 0 Å². The Morgan fingerprint density at radius 2 is 2.06 bits per heavy atom. The van der Waals surface area contributed by atoms with E-state index in [9.17, 15) is 0 Å². The maximum absolute atomic E-state index is 3.59. The van der Waals surface area contributed by atoms with Crippen molar-refractivity contribution in [3.05, 3.63) is 35.9 Å². The van der Waals surface area contributed by atoms with Crippen LogP contribution in [0.1, 0.15) is 32.3 Å². The molecule has 17 heavy (non-hydrogen) atoms. The summed E-state index contributed by atoms with van der Waals surface area (Å²) in [5.74, 6) is 0. The maximum atomic E-state index is 3.59. The fourth-order valence-electron chi connectivity index (χ4n) is 2.47. The molecule has 1 saturated heterocycles. The molecule has 0 unspecified atom stereocenters. The van der Waals surface area contributed by atoms with Gasteiger partial charge in [0.1, 0.15) is 0 Å². The molecule has 0 radical (unpaired) electrons. The van der Waals surface area contributed by atoms with E-state index in [0.717, 1.165) is 6.54 Å². The molecule has 2 rings (SSSR count). The van der Waals surface area contributed by atoms with Crippen molar-refractivity contribution in [3.63, 3.8) is 0 Å².